The molecule has 0 atom stereocenters. The third kappa shape index (κ3) is 7.04. The number of rotatable bonds is 6. The number of carbonyl (C=O) groups excluding carboxylic acids is 1. The van der Waals surface area contributed by atoms with Crippen molar-refractivity contribution in [3.63, 3.8) is 0 Å². The molecule has 0 saturated heterocycles. The van der Waals surface area contributed by atoms with E-state index in [2.05, 4.69) is 17.8 Å². The third-order valence-electron chi connectivity index (χ3n) is 1.38. The van der Waals surface area contributed by atoms with Crippen LogP contribution in [0.5, 0.6) is 0 Å². The number of carbonyl (C=O) groups is 1. The van der Waals surface area contributed by atoms with Gasteiger partial charge < -0.3 is 0 Å². The molecule has 0 aliphatic carbocycles. The van der Waals surface area contributed by atoms with E-state index in [1.807, 2.05) is 6.92 Å². The van der Waals surface area contributed by atoms with Crippen molar-refractivity contribution in [2.45, 2.75) is 19.8 Å². The van der Waals surface area contributed by atoms with Crippen molar-refractivity contribution in [3.05, 3.63) is 12.2 Å². The van der Waals surface area contributed by atoms with Crippen LogP contribution < -0.4 is 5.32 Å². The molecule has 12 heavy (non-hydrogen) atoms. The molecule has 0 heterocycles. The Hall–Kier alpha value is -1.07. The molecule has 0 rings (SSSR count). The minimum atomic E-state index is 0.188. The van der Waals surface area contributed by atoms with E-state index >= 15 is 0 Å². The van der Waals surface area contributed by atoms with Gasteiger partial charge in [0.1, 0.15) is 5.78 Å². The lowest BCUT2D eigenvalue weighted by molar-refractivity contribution is -0.118. The zero-order valence-electron chi connectivity index (χ0n) is 7.52. The maximum absolute atomic E-state index is 11.1. The molecule has 0 bridgehead atoms. The first-order chi connectivity index (χ1) is 5.66. The van der Waals surface area contributed by atoms with E-state index in [-0.39, 0.29) is 5.78 Å². The fourth-order valence-electron chi connectivity index (χ4n) is 0.715. The molecule has 0 aromatic rings. The van der Waals surface area contributed by atoms with Crippen molar-refractivity contribution in [2.24, 2.45) is 0 Å². The number of nitrogens with one attached hydrogen (secondary N) is 1. The van der Waals surface area contributed by atoms with Crippen LogP contribution in [0, 0.1) is 12.3 Å². The summed E-state index contributed by atoms with van der Waals surface area (Å²) >= 11 is 0. The van der Waals surface area contributed by atoms with Crippen LogP contribution in [0.4, 0.5) is 0 Å². The highest BCUT2D eigenvalue weighted by atomic mass is 16.1. The molecule has 0 aliphatic rings. The van der Waals surface area contributed by atoms with Crippen molar-refractivity contribution in [1.29, 1.82) is 0 Å². The Kier molecular flexibility index (Phi) is 6.04. The van der Waals surface area contributed by atoms with Crippen molar-refractivity contribution in [2.75, 3.05) is 13.1 Å². The normalized spacial score (nSPS) is 9.00. The minimum Gasteiger partial charge on any atom is -0.299 e. The Morgan fingerprint density at radius 1 is 1.58 bits per heavy atom. The van der Waals surface area contributed by atoms with Gasteiger partial charge in [0.25, 0.3) is 0 Å². The first kappa shape index (κ1) is 10.9. The SMILES string of the molecule is C#CCNCC(=O)CCC(=C)C. The smallest absolute Gasteiger partial charge is 0.146 e. The van der Waals surface area contributed by atoms with Gasteiger partial charge in [-0.05, 0) is 13.3 Å². The van der Waals surface area contributed by atoms with E-state index in [9.17, 15) is 4.79 Å². The van der Waals surface area contributed by atoms with Crippen molar-refractivity contribution in [3.8, 4) is 12.3 Å². The van der Waals surface area contributed by atoms with Crippen LogP contribution in [-0.4, -0.2) is 18.9 Å². The Labute approximate surface area is 74.0 Å². The van der Waals surface area contributed by atoms with Gasteiger partial charge in [-0.1, -0.05) is 11.5 Å². The first-order valence-electron chi connectivity index (χ1n) is 3.97. The monoisotopic (exact) mass is 165 g/mol. The molecule has 0 fully saturated rings. The average Bonchev–Trinajstić information content (AvgIpc) is 2.01. The Bertz CT molecular complexity index is 200. The van der Waals surface area contributed by atoms with E-state index < -0.39 is 0 Å². The van der Waals surface area contributed by atoms with Gasteiger partial charge in [-0.2, -0.15) is 0 Å². The molecule has 66 valence electrons. The van der Waals surface area contributed by atoms with Crippen LogP contribution in [0.25, 0.3) is 0 Å². The fraction of sp³-hybridized carbons (Fsp3) is 0.500. The molecule has 0 aromatic carbocycles. The summed E-state index contributed by atoms with van der Waals surface area (Å²) in [5, 5.41) is 2.84. The van der Waals surface area contributed by atoms with Crippen LogP contribution >= 0.6 is 0 Å². The van der Waals surface area contributed by atoms with E-state index in [1.165, 1.54) is 0 Å². The van der Waals surface area contributed by atoms with Gasteiger partial charge >= 0.3 is 0 Å². The zero-order chi connectivity index (χ0) is 9.40. The number of ketones is 1. The summed E-state index contributed by atoms with van der Waals surface area (Å²) in [4.78, 5) is 11.1. The molecule has 2 nitrogen and oxygen atoms in total. The summed E-state index contributed by atoms with van der Waals surface area (Å²) in [6.07, 6.45) is 6.34. The topological polar surface area (TPSA) is 29.1 Å². The van der Waals surface area contributed by atoms with Crippen LogP contribution in [0.1, 0.15) is 19.8 Å². The molecule has 0 saturated carbocycles. The van der Waals surface area contributed by atoms with Crippen LogP contribution in [-0.2, 0) is 4.79 Å². The van der Waals surface area contributed by atoms with Gasteiger partial charge in [-0.3, -0.25) is 10.1 Å². The number of Topliss-reactive ketones (excluding diaryl/α,β-unsaturated/α-hetero) is 1. The largest absolute Gasteiger partial charge is 0.299 e. The molecular formula is C10H15NO. The van der Waals surface area contributed by atoms with Crippen LogP contribution in [0.15, 0.2) is 12.2 Å². The lowest BCUT2D eigenvalue weighted by Crippen LogP contribution is -2.22. The Morgan fingerprint density at radius 2 is 2.25 bits per heavy atom. The highest BCUT2D eigenvalue weighted by Crippen LogP contribution is 1.99. The van der Waals surface area contributed by atoms with Gasteiger partial charge in [-0.25, -0.2) is 0 Å². The lowest BCUT2D eigenvalue weighted by atomic mass is 10.1. The van der Waals surface area contributed by atoms with Gasteiger partial charge in [-0.15, -0.1) is 13.0 Å². The summed E-state index contributed by atoms with van der Waals surface area (Å²) in [5.74, 6) is 2.60. The number of terminal acetylenes is 1. The van der Waals surface area contributed by atoms with Crippen molar-refractivity contribution in [1.82, 2.24) is 5.32 Å². The number of allylic oxidation sites excluding steroid dienone is 1. The predicted molar refractivity (Wildman–Crippen MR) is 50.8 cm³/mol. The van der Waals surface area contributed by atoms with Crippen molar-refractivity contribution >= 4 is 5.78 Å². The van der Waals surface area contributed by atoms with E-state index in [1.54, 1.807) is 0 Å². The molecule has 0 spiro atoms. The Balaban J connectivity index is 3.35. The molecule has 1 N–H and O–H groups in total. The second-order valence-corrected chi connectivity index (χ2v) is 2.80. The van der Waals surface area contributed by atoms with E-state index in [4.69, 9.17) is 6.42 Å². The highest BCUT2D eigenvalue weighted by molar-refractivity contribution is 5.80. The lowest BCUT2D eigenvalue weighted by Gasteiger charge is -2.00. The maximum atomic E-state index is 11.1. The molecule has 0 radical (unpaired) electrons. The number of hydrogen-bond acceptors (Lipinski definition) is 2. The third-order valence-corrected chi connectivity index (χ3v) is 1.38. The van der Waals surface area contributed by atoms with Gasteiger partial charge in [0.15, 0.2) is 0 Å². The minimum absolute atomic E-state index is 0.188. The van der Waals surface area contributed by atoms with Crippen molar-refractivity contribution < 1.29 is 4.79 Å². The second kappa shape index (κ2) is 6.63. The standard InChI is InChI=1S/C10H15NO/c1-4-7-11-8-10(12)6-5-9(2)3/h1,11H,2,5-8H2,3H3. The number of hydrogen-bond donors (Lipinski definition) is 1. The van der Waals surface area contributed by atoms with E-state index in [0.29, 0.717) is 19.5 Å². The highest BCUT2D eigenvalue weighted by Gasteiger charge is 1.99. The van der Waals surface area contributed by atoms with Gasteiger partial charge in [0, 0.05) is 6.42 Å². The summed E-state index contributed by atoms with van der Waals surface area (Å²) < 4.78 is 0. The summed E-state index contributed by atoms with van der Waals surface area (Å²) in [6.45, 7) is 6.47. The summed E-state index contributed by atoms with van der Waals surface area (Å²) in [6, 6.07) is 0. The molecule has 0 amide bonds. The second-order valence-electron chi connectivity index (χ2n) is 2.80. The molecule has 2 heteroatoms. The average molecular weight is 165 g/mol. The molecule has 0 unspecified atom stereocenters. The summed E-state index contributed by atoms with van der Waals surface area (Å²) in [7, 11) is 0. The summed E-state index contributed by atoms with van der Waals surface area (Å²) in [5.41, 5.74) is 1.04. The first-order valence-corrected chi connectivity index (χ1v) is 3.97. The van der Waals surface area contributed by atoms with Crippen LogP contribution in [0.3, 0.4) is 0 Å². The molecule has 0 aliphatic heterocycles. The quantitative estimate of drug-likeness (QED) is 0.363. The van der Waals surface area contributed by atoms with Crippen LogP contribution in [0.2, 0.25) is 0 Å². The predicted octanol–water partition coefficient (Wildman–Crippen LogP) is 1.13. The van der Waals surface area contributed by atoms with Gasteiger partial charge in [0.2, 0.25) is 0 Å². The maximum Gasteiger partial charge on any atom is 0.146 e. The molecule has 0 aromatic heterocycles. The van der Waals surface area contributed by atoms with E-state index in [0.717, 1.165) is 12.0 Å². The Morgan fingerprint density at radius 3 is 2.75 bits per heavy atom. The molecular weight excluding hydrogens is 150 g/mol. The fourth-order valence-corrected chi connectivity index (χ4v) is 0.715. The zero-order valence-corrected chi connectivity index (χ0v) is 7.52. The van der Waals surface area contributed by atoms with Gasteiger partial charge in [0.05, 0.1) is 13.1 Å².